The third-order valence-corrected chi connectivity index (χ3v) is 3.49. The SMILES string of the molecule is COC(=O)C1CCCN1c1ccc(C(F)(F)F)c(C#N)c1. The van der Waals surface area contributed by atoms with E-state index in [0.29, 0.717) is 18.7 Å². The molecule has 1 atom stereocenters. The van der Waals surface area contributed by atoms with E-state index in [-0.39, 0.29) is 0 Å². The molecule has 1 aromatic rings. The van der Waals surface area contributed by atoms with Crippen LogP contribution in [0.2, 0.25) is 0 Å². The van der Waals surface area contributed by atoms with Gasteiger partial charge in [-0.1, -0.05) is 0 Å². The summed E-state index contributed by atoms with van der Waals surface area (Å²) >= 11 is 0. The molecule has 1 aromatic carbocycles. The van der Waals surface area contributed by atoms with Crippen molar-refractivity contribution in [2.24, 2.45) is 0 Å². The Labute approximate surface area is 119 Å². The number of anilines is 1. The van der Waals surface area contributed by atoms with E-state index in [9.17, 15) is 18.0 Å². The van der Waals surface area contributed by atoms with E-state index >= 15 is 0 Å². The minimum atomic E-state index is -4.57. The average molecular weight is 298 g/mol. The van der Waals surface area contributed by atoms with Gasteiger partial charge in [-0.3, -0.25) is 0 Å². The molecule has 21 heavy (non-hydrogen) atoms. The molecule has 0 aliphatic carbocycles. The zero-order chi connectivity index (χ0) is 15.6. The summed E-state index contributed by atoms with van der Waals surface area (Å²) in [6.45, 7) is 0.538. The maximum absolute atomic E-state index is 12.8. The molecule has 0 aromatic heterocycles. The smallest absolute Gasteiger partial charge is 0.417 e. The molecule has 1 aliphatic heterocycles. The van der Waals surface area contributed by atoms with Crippen molar-refractivity contribution in [1.82, 2.24) is 0 Å². The largest absolute Gasteiger partial charge is 0.467 e. The Balaban J connectivity index is 2.38. The van der Waals surface area contributed by atoms with Crippen LogP contribution in [0.1, 0.15) is 24.0 Å². The first kappa shape index (κ1) is 15.2. The number of nitrogens with zero attached hydrogens (tertiary/aromatic N) is 2. The van der Waals surface area contributed by atoms with Crippen molar-refractivity contribution < 1.29 is 22.7 Å². The Hall–Kier alpha value is -2.23. The van der Waals surface area contributed by atoms with Gasteiger partial charge < -0.3 is 9.64 Å². The summed E-state index contributed by atoms with van der Waals surface area (Å²) in [6.07, 6.45) is -3.26. The molecule has 1 fully saturated rings. The number of carbonyl (C=O) groups is 1. The van der Waals surface area contributed by atoms with E-state index in [1.165, 1.54) is 19.2 Å². The summed E-state index contributed by atoms with van der Waals surface area (Å²) < 4.78 is 43.0. The van der Waals surface area contributed by atoms with Crippen LogP contribution in [0.15, 0.2) is 18.2 Å². The molecule has 7 heteroatoms. The minimum Gasteiger partial charge on any atom is -0.467 e. The number of hydrogen-bond donors (Lipinski definition) is 0. The third-order valence-electron chi connectivity index (χ3n) is 3.49. The standard InChI is InChI=1S/C14H13F3N2O2/c1-21-13(20)12-3-2-6-19(12)10-4-5-11(14(15,16)17)9(7-10)8-18/h4-5,7,12H,2-3,6H2,1H3. The van der Waals surface area contributed by atoms with Crippen LogP contribution in [-0.4, -0.2) is 25.7 Å². The maximum Gasteiger partial charge on any atom is 0.417 e. The molecule has 0 radical (unpaired) electrons. The lowest BCUT2D eigenvalue weighted by Gasteiger charge is -2.25. The van der Waals surface area contributed by atoms with Crippen LogP contribution in [0.5, 0.6) is 0 Å². The number of esters is 1. The Morgan fingerprint density at radius 1 is 1.48 bits per heavy atom. The normalized spacial score (nSPS) is 18.4. The van der Waals surface area contributed by atoms with Gasteiger partial charge in [-0.15, -0.1) is 0 Å². The summed E-state index contributed by atoms with van der Waals surface area (Å²) in [6, 6.07) is 4.37. The van der Waals surface area contributed by atoms with Crippen molar-refractivity contribution in [2.45, 2.75) is 25.1 Å². The van der Waals surface area contributed by atoms with Gasteiger partial charge >= 0.3 is 12.1 Å². The van der Waals surface area contributed by atoms with Crippen LogP contribution in [0.25, 0.3) is 0 Å². The van der Waals surface area contributed by atoms with Crippen LogP contribution in [-0.2, 0) is 15.7 Å². The predicted molar refractivity (Wildman–Crippen MR) is 68.5 cm³/mol. The van der Waals surface area contributed by atoms with Crippen LogP contribution in [0, 0.1) is 11.3 Å². The van der Waals surface area contributed by atoms with Crippen molar-refractivity contribution in [2.75, 3.05) is 18.6 Å². The van der Waals surface area contributed by atoms with Crippen LogP contribution < -0.4 is 4.90 Å². The van der Waals surface area contributed by atoms with Crippen LogP contribution in [0.3, 0.4) is 0 Å². The molecule has 4 nitrogen and oxygen atoms in total. The molecule has 0 bridgehead atoms. The lowest BCUT2D eigenvalue weighted by atomic mass is 10.1. The quantitative estimate of drug-likeness (QED) is 0.788. The van der Waals surface area contributed by atoms with E-state index < -0.39 is 29.3 Å². The second kappa shape index (κ2) is 5.64. The second-order valence-electron chi connectivity index (χ2n) is 4.71. The van der Waals surface area contributed by atoms with Gasteiger partial charge in [0, 0.05) is 12.2 Å². The number of benzene rings is 1. The zero-order valence-electron chi connectivity index (χ0n) is 11.3. The molecular formula is C14H13F3N2O2. The molecule has 0 N–H and O–H groups in total. The van der Waals surface area contributed by atoms with Crippen molar-refractivity contribution in [1.29, 1.82) is 5.26 Å². The molecule has 1 saturated heterocycles. The van der Waals surface area contributed by atoms with Gasteiger partial charge in [0.1, 0.15) is 6.04 Å². The molecule has 2 rings (SSSR count). The summed E-state index contributed by atoms with van der Waals surface area (Å²) in [5, 5.41) is 8.91. The highest BCUT2D eigenvalue weighted by Gasteiger charge is 2.36. The van der Waals surface area contributed by atoms with Gasteiger partial charge in [0.25, 0.3) is 0 Å². The van der Waals surface area contributed by atoms with Gasteiger partial charge in [0.05, 0.1) is 24.3 Å². The number of nitriles is 1. The molecule has 0 amide bonds. The average Bonchev–Trinajstić information content (AvgIpc) is 2.94. The van der Waals surface area contributed by atoms with Crippen molar-refractivity contribution in [3.8, 4) is 6.07 Å². The van der Waals surface area contributed by atoms with E-state index in [4.69, 9.17) is 10.00 Å². The molecule has 1 aliphatic rings. The van der Waals surface area contributed by atoms with Crippen molar-refractivity contribution in [3.05, 3.63) is 29.3 Å². The number of methoxy groups -OCH3 is 1. The molecular weight excluding hydrogens is 285 g/mol. The number of alkyl halides is 3. The molecule has 112 valence electrons. The summed E-state index contributed by atoms with van der Waals surface area (Å²) in [7, 11) is 1.27. The monoisotopic (exact) mass is 298 g/mol. The van der Waals surface area contributed by atoms with Crippen LogP contribution >= 0.6 is 0 Å². The van der Waals surface area contributed by atoms with E-state index in [1.807, 2.05) is 0 Å². The van der Waals surface area contributed by atoms with Gasteiger partial charge in [-0.05, 0) is 31.0 Å². The van der Waals surface area contributed by atoms with Crippen molar-refractivity contribution >= 4 is 11.7 Å². The van der Waals surface area contributed by atoms with E-state index in [0.717, 1.165) is 12.5 Å². The fourth-order valence-electron chi connectivity index (χ4n) is 2.51. The lowest BCUT2D eigenvalue weighted by molar-refractivity contribution is -0.142. The predicted octanol–water partition coefficient (Wildman–Crippen LogP) is 2.72. The zero-order valence-corrected chi connectivity index (χ0v) is 11.3. The van der Waals surface area contributed by atoms with Gasteiger partial charge in [-0.25, -0.2) is 4.79 Å². The number of ether oxygens (including phenoxy) is 1. The number of halogens is 3. The maximum atomic E-state index is 12.8. The topological polar surface area (TPSA) is 53.3 Å². The Kier molecular flexibility index (Phi) is 4.07. The minimum absolute atomic E-state index is 0.424. The summed E-state index contributed by atoms with van der Waals surface area (Å²) in [5.74, 6) is -0.425. The third kappa shape index (κ3) is 2.94. The molecule has 0 spiro atoms. The fourth-order valence-corrected chi connectivity index (χ4v) is 2.51. The first-order valence-corrected chi connectivity index (χ1v) is 6.34. The van der Waals surface area contributed by atoms with E-state index in [2.05, 4.69) is 0 Å². The lowest BCUT2D eigenvalue weighted by Crippen LogP contribution is -2.36. The Bertz CT molecular complexity index is 593. The number of rotatable bonds is 2. The highest BCUT2D eigenvalue weighted by Crippen LogP contribution is 2.35. The van der Waals surface area contributed by atoms with Gasteiger partial charge in [-0.2, -0.15) is 18.4 Å². The van der Waals surface area contributed by atoms with Gasteiger partial charge in [0.15, 0.2) is 0 Å². The first-order valence-electron chi connectivity index (χ1n) is 6.34. The highest BCUT2D eigenvalue weighted by molar-refractivity contribution is 5.81. The first-order chi connectivity index (χ1) is 9.88. The van der Waals surface area contributed by atoms with E-state index in [1.54, 1.807) is 11.0 Å². The number of hydrogen-bond acceptors (Lipinski definition) is 4. The molecule has 1 unspecified atom stereocenters. The van der Waals surface area contributed by atoms with Crippen molar-refractivity contribution in [3.63, 3.8) is 0 Å². The summed E-state index contributed by atoms with van der Waals surface area (Å²) in [4.78, 5) is 13.3. The number of carbonyl (C=O) groups excluding carboxylic acids is 1. The molecule has 0 saturated carbocycles. The summed E-state index contributed by atoms with van der Waals surface area (Å²) in [5.41, 5.74) is -0.995. The van der Waals surface area contributed by atoms with Gasteiger partial charge in [0.2, 0.25) is 0 Å². The molecule has 1 heterocycles. The second-order valence-corrected chi connectivity index (χ2v) is 4.71. The fraction of sp³-hybridized carbons (Fsp3) is 0.429. The Morgan fingerprint density at radius 2 is 2.19 bits per heavy atom. The highest BCUT2D eigenvalue weighted by atomic mass is 19.4. The Morgan fingerprint density at radius 3 is 2.76 bits per heavy atom. The van der Waals surface area contributed by atoms with Crippen LogP contribution in [0.4, 0.5) is 18.9 Å².